The van der Waals surface area contributed by atoms with E-state index >= 15 is 0 Å². The first-order valence-electron chi connectivity index (χ1n) is 16.0. The predicted octanol–water partition coefficient (Wildman–Crippen LogP) is 8.72. The van der Waals surface area contributed by atoms with Crippen molar-refractivity contribution in [3.05, 3.63) is 212 Å². The number of allylic oxidation sites excluding steroid dienone is 5. The van der Waals surface area contributed by atoms with Gasteiger partial charge in [-0.1, -0.05) is 121 Å². The number of carbonyl (C=O) groups excluding carboxylic acids is 1. The zero-order valence-electron chi connectivity index (χ0n) is 27.2. The van der Waals surface area contributed by atoms with Crippen molar-refractivity contribution < 1.29 is 22.1 Å². The molecule has 0 saturated carbocycles. The van der Waals surface area contributed by atoms with E-state index in [1.165, 1.54) is 26.5 Å². The summed E-state index contributed by atoms with van der Waals surface area (Å²) in [5, 5.41) is 11.1. The average molecular weight is 796 g/mol. The van der Waals surface area contributed by atoms with E-state index in [0.717, 1.165) is 11.0 Å². The molecule has 0 fully saturated rings. The molecule has 0 aliphatic heterocycles. The molecule has 7 heteroatoms. The van der Waals surface area contributed by atoms with Crippen molar-refractivity contribution in [1.82, 2.24) is 0 Å². The van der Waals surface area contributed by atoms with Gasteiger partial charge in [0.15, 0.2) is 5.78 Å². The van der Waals surface area contributed by atoms with Gasteiger partial charge in [-0.2, -0.15) is 0 Å². The van der Waals surface area contributed by atoms with E-state index in [2.05, 4.69) is 148 Å². The van der Waals surface area contributed by atoms with Gasteiger partial charge in [0.2, 0.25) is 0 Å². The van der Waals surface area contributed by atoms with Crippen LogP contribution in [0.1, 0.15) is 0 Å². The van der Waals surface area contributed by atoms with Crippen LogP contribution in [0.5, 0.6) is 0 Å². The van der Waals surface area contributed by atoms with Gasteiger partial charge in [0.1, 0.15) is 34.4 Å². The fourth-order valence-electron chi connectivity index (χ4n) is 5.66. The zero-order valence-corrected chi connectivity index (χ0v) is 31.7. The second kappa shape index (κ2) is 19.7. The molecular formula is C43H37ClN2OP2Ru+2. The molecule has 0 aromatic heterocycles. The Balaban J connectivity index is 0.000000195. The van der Waals surface area contributed by atoms with Crippen LogP contribution < -0.4 is 37.1 Å². The third-order valence-corrected chi connectivity index (χ3v) is 13.5. The van der Waals surface area contributed by atoms with Crippen LogP contribution in [0.25, 0.3) is 5.73 Å². The topological polar surface area (TPSA) is 52.9 Å². The number of halogens is 1. The molecule has 3 nitrogen and oxygen atoms in total. The molecule has 0 radical (unpaired) electrons. The van der Waals surface area contributed by atoms with E-state index in [0.29, 0.717) is 11.3 Å². The van der Waals surface area contributed by atoms with E-state index in [9.17, 15) is 4.79 Å². The SMILES string of the molecule is O=C1C=CC=CC1=CNc1ccccc1[PH+](c1ccccc1)c1ccccc1.[Cl][Ru+].[NH-]c1ccccc1[PH+](c1ccccc1)c1ccccc1. The number of ketones is 1. The summed E-state index contributed by atoms with van der Waals surface area (Å²) in [5.74, 6) is 0.0177. The molecule has 2 N–H and O–H groups in total. The molecule has 6 aromatic carbocycles. The van der Waals surface area contributed by atoms with Crippen LogP contribution in [-0.2, 0) is 22.1 Å². The maximum atomic E-state index is 12.0. The van der Waals surface area contributed by atoms with Crippen LogP contribution in [0.3, 0.4) is 0 Å². The summed E-state index contributed by atoms with van der Waals surface area (Å²) in [4.78, 5) is 12.0. The fourth-order valence-corrected chi connectivity index (χ4v) is 11.0. The van der Waals surface area contributed by atoms with Crippen LogP contribution in [0.4, 0.5) is 11.4 Å². The molecule has 0 bridgehead atoms. The summed E-state index contributed by atoms with van der Waals surface area (Å²) < 4.78 is 0. The number of hydrogen-bond donors (Lipinski definition) is 1. The molecule has 1 aliphatic rings. The average Bonchev–Trinajstić information content (AvgIpc) is 3.19. The van der Waals surface area contributed by atoms with Crippen molar-refractivity contribution in [2.75, 3.05) is 5.32 Å². The van der Waals surface area contributed by atoms with Gasteiger partial charge in [-0.15, -0.1) is 0 Å². The standard InChI is InChI=1S/C25H20NOP.C18H15NP.ClH.Ru/c27-24-17-9-7-11-20(24)19-26-23-16-8-10-18-25(23)28(21-12-3-1-4-13-21)22-14-5-2-6-15-22;19-17-13-7-8-14-18(17)20(15-9-3-1-4-10-15)16-11-5-2-6-12-16;;/h1-19,26H;1-14,19H;1H;/q;-1;;+2/p+1. The van der Waals surface area contributed by atoms with Crippen molar-refractivity contribution in [3.8, 4) is 0 Å². The Labute approximate surface area is 311 Å². The molecule has 0 atom stereocenters. The first-order chi connectivity index (χ1) is 24.7. The minimum Gasteiger partial charge on any atom is -0.696 e. The number of carbonyl (C=O) groups is 1. The van der Waals surface area contributed by atoms with E-state index in [1.807, 2.05) is 65.9 Å². The second-order valence-corrected chi connectivity index (χ2v) is 16.0. The van der Waals surface area contributed by atoms with Crippen molar-refractivity contribution in [2.24, 2.45) is 0 Å². The first kappa shape index (κ1) is 36.9. The molecule has 0 spiro atoms. The number of anilines is 1. The monoisotopic (exact) mass is 796 g/mol. The molecule has 0 amide bonds. The van der Waals surface area contributed by atoms with Crippen LogP contribution in [-0.4, -0.2) is 5.78 Å². The Morgan fingerprint density at radius 2 is 0.880 bits per heavy atom. The molecule has 248 valence electrons. The zero-order chi connectivity index (χ0) is 35.0. The molecule has 7 rings (SSSR count). The molecule has 0 unspecified atom stereocenters. The van der Waals surface area contributed by atoms with Gasteiger partial charge >= 0.3 is 27.0 Å². The summed E-state index contributed by atoms with van der Waals surface area (Å²) in [6.07, 6.45) is 8.86. The normalized spacial score (nSPS) is 12.6. The Morgan fingerprint density at radius 3 is 1.34 bits per heavy atom. The predicted molar refractivity (Wildman–Crippen MR) is 218 cm³/mol. The van der Waals surface area contributed by atoms with Gasteiger partial charge in [0.25, 0.3) is 0 Å². The van der Waals surface area contributed by atoms with Gasteiger partial charge in [-0.05, 0) is 78.9 Å². The van der Waals surface area contributed by atoms with E-state index in [4.69, 9.17) is 5.73 Å². The van der Waals surface area contributed by atoms with E-state index in [-0.39, 0.29) is 5.78 Å². The number of nitrogens with one attached hydrogen (secondary N) is 2. The summed E-state index contributed by atoms with van der Waals surface area (Å²) in [6, 6.07) is 58.7. The number of benzene rings is 6. The van der Waals surface area contributed by atoms with Gasteiger partial charge in [0.05, 0.1) is 18.9 Å². The van der Waals surface area contributed by atoms with Crippen molar-refractivity contribution in [2.45, 2.75) is 0 Å². The number of rotatable bonds is 8. The Kier molecular flexibility index (Phi) is 14.5. The minimum atomic E-state index is -1.18. The smallest absolute Gasteiger partial charge is 0.102 e. The van der Waals surface area contributed by atoms with Gasteiger partial charge < -0.3 is 11.1 Å². The van der Waals surface area contributed by atoms with E-state index < -0.39 is 15.8 Å². The molecule has 0 saturated heterocycles. The summed E-state index contributed by atoms with van der Waals surface area (Å²) in [5.41, 5.74) is 10.6. The van der Waals surface area contributed by atoms with Gasteiger partial charge in [-0.3, -0.25) is 4.79 Å². The molecule has 50 heavy (non-hydrogen) atoms. The van der Waals surface area contributed by atoms with Crippen LogP contribution in [0, 0.1) is 0 Å². The van der Waals surface area contributed by atoms with Crippen molar-refractivity contribution >= 4 is 74.5 Å². The third kappa shape index (κ3) is 9.85. The summed E-state index contributed by atoms with van der Waals surface area (Å²) in [7, 11) is 2.29. The maximum absolute atomic E-state index is 12.0. The molecular weight excluding hydrogens is 759 g/mol. The second-order valence-electron chi connectivity index (χ2n) is 11.1. The summed E-state index contributed by atoms with van der Waals surface area (Å²) >= 11 is 1.82. The Morgan fingerprint density at radius 1 is 0.500 bits per heavy atom. The Hall–Kier alpha value is -4.42. The maximum Gasteiger partial charge on any atom is 0.102 e. The first-order valence-corrected chi connectivity index (χ1v) is 21.3. The van der Waals surface area contributed by atoms with E-state index in [1.54, 1.807) is 18.4 Å². The van der Waals surface area contributed by atoms with Gasteiger partial charge in [0, 0.05) is 11.8 Å². The molecule has 1 aliphatic carbocycles. The summed E-state index contributed by atoms with van der Waals surface area (Å²) in [6.45, 7) is 0. The quantitative estimate of drug-likeness (QED) is 0.0953. The van der Waals surface area contributed by atoms with Crippen LogP contribution >= 0.6 is 25.5 Å². The molecule has 6 aromatic rings. The third-order valence-electron chi connectivity index (χ3n) is 7.94. The largest absolute Gasteiger partial charge is 0.696 e. The van der Waals surface area contributed by atoms with Crippen LogP contribution in [0.2, 0.25) is 0 Å². The number of para-hydroxylation sites is 1. The van der Waals surface area contributed by atoms with Crippen molar-refractivity contribution in [3.63, 3.8) is 0 Å². The molecule has 0 heterocycles. The van der Waals surface area contributed by atoms with Crippen molar-refractivity contribution in [1.29, 1.82) is 0 Å². The minimum absolute atomic E-state index is 0.0177. The van der Waals surface area contributed by atoms with Gasteiger partial charge in [-0.25, -0.2) is 0 Å². The van der Waals surface area contributed by atoms with Crippen LogP contribution in [0.15, 0.2) is 206 Å². The number of hydrogen-bond acceptors (Lipinski definition) is 2. The fraction of sp³-hybridized carbons (Fsp3) is 0. The Bertz CT molecular complexity index is 1960.